The molecule has 0 amide bonds. The molecule has 0 unspecified atom stereocenters. The summed E-state index contributed by atoms with van der Waals surface area (Å²) in [6.45, 7) is 6.22. The van der Waals surface area contributed by atoms with Crippen LogP contribution in [0.25, 0.3) is 0 Å². The minimum absolute atomic E-state index is 0.422. The predicted molar refractivity (Wildman–Crippen MR) is 143 cm³/mol. The highest BCUT2D eigenvalue weighted by molar-refractivity contribution is 5.91. The molecule has 4 rings (SSSR count). The van der Waals surface area contributed by atoms with E-state index in [0.717, 1.165) is 24.5 Å². The predicted octanol–water partition coefficient (Wildman–Crippen LogP) is 8.58. The fraction of sp³-hybridized carbons (Fsp3) is 0.138. The maximum absolute atomic E-state index is 12.3. The van der Waals surface area contributed by atoms with Crippen molar-refractivity contribution in [3.8, 4) is 5.75 Å². The number of benzene rings is 4. The van der Waals surface area contributed by atoms with Gasteiger partial charge in [-0.15, -0.1) is 0 Å². The van der Waals surface area contributed by atoms with E-state index in [2.05, 4.69) is 51.3 Å². The van der Waals surface area contributed by atoms with Crippen LogP contribution in [0.5, 0.6) is 5.75 Å². The van der Waals surface area contributed by atoms with Gasteiger partial charge in [0.1, 0.15) is 5.75 Å². The number of azo groups is 2. The molecule has 0 radical (unpaired) electrons. The van der Waals surface area contributed by atoms with Crippen LogP contribution in [0, 0.1) is 0 Å². The van der Waals surface area contributed by atoms with Crippen LogP contribution in [-0.2, 0) is 0 Å². The zero-order valence-electron chi connectivity index (χ0n) is 20.3. The van der Waals surface area contributed by atoms with E-state index in [1.165, 1.54) is 5.69 Å². The summed E-state index contributed by atoms with van der Waals surface area (Å²) in [5, 5.41) is 17.1. The lowest BCUT2D eigenvalue weighted by molar-refractivity contribution is 0.0735. The molecule has 0 spiro atoms. The van der Waals surface area contributed by atoms with Crippen molar-refractivity contribution in [3.05, 3.63) is 109 Å². The molecule has 180 valence electrons. The summed E-state index contributed by atoms with van der Waals surface area (Å²) in [5.74, 6) is 0.0803. The van der Waals surface area contributed by atoms with Crippen molar-refractivity contribution in [2.75, 3.05) is 18.0 Å². The minimum Gasteiger partial charge on any atom is -0.423 e. The topological polar surface area (TPSA) is 79.0 Å². The molecule has 0 N–H and O–H groups in total. The van der Waals surface area contributed by atoms with E-state index >= 15 is 0 Å². The number of para-hydroxylation sites is 1. The molecule has 4 aromatic carbocycles. The molecule has 0 aliphatic rings. The van der Waals surface area contributed by atoms with Crippen molar-refractivity contribution in [1.29, 1.82) is 0 Å². The fourth-order valence-electron chi connectivity index (χ4n) is 3.45. The van der Waals surface area contributed by atoms with Crippen molar-refractivity contribution in [1.82, 2.24) is 0 Å². The van der Waals surface area contributed by atoms with Crippen LogP contribution in [0.3, 0.4) is 0 Å². The van der Waals surface area contributed by atoms with Crippen molar-refractivity contribution in [2.24, 2.45) is 20.5 Å². The Morgan fingerprint density at radius 2 is 1.03 bits per heavy atom. The number of hydrogen-bond acceptors (Lipinski definition) is 7. The molecule has 7 heteroatoms. The number of hydrogen-bond donors (Lipinski definition) is 0. The summed E-state index contributed by atoms with van der Waals surface area (Å²) in [6, 6.07) is 31.1. The number of ether oxygens (including phenoxy) is 1. The Labute approximate surface area is 210 Å². The van der Waals surface area contributed by atoms with E-state index in [0.29, 0.717) is 22.7 Å². The van der Waals surface area contributed by atoms with Crippen LogP contribution in [0.2, 0.25) is 0 Å². The van der Waals surface area contributed by atoms with E-state index in [-0.39, 0.29) is 0 Å². The van der Waals surface area contributed by atoms with Gasteiger partial charge in [-0.1, -0.05) is 18.2 Å². The molecule has 0 aromatic heterocycles. The minimum atomic E-state index is -0.422. The molecule has 7 nitrogen and oxygen atoms in total. The van der Waals surface area contributed by atoms with Crippen molar-refractivity contribution in [2.45, 2.75) is 13.8 Å². The number of carbonyl (C=O) groups is 1. The Hall–Kier alpha value is -4.65. The van der Waals surface area contributed by atoms with Crippen molar-refractivity contribution < 1.29 is 9.53 Å². The highest BCUT2D eigenvalue weighted by Crippen LogP contribution is 2.25. The van der Waals surface area contributed by atoms with E-state index in [1.54, 1.807) is 36.4 Å². The van der Waals surface area contributed by atoms with Gasteiger partial charge >= 0.3 is 5.97 Å². The highest BCUT2D eigenvalue weighted by Gasteiger charge is 2.08. The Bertz CT molecular complexity index is 1310. The quantitative estimate of drug-likeness (QED) is 0.137. The molecule has 36 heavy (non-hydrogen) atoms. The van der Waals surface area contributed by atoms with Gasteiger partial charge in [0.15, 0.2) is 0 Å². The van der Waals surface area contributed by atoms with Gasteiger partial charge < -0.3 is 9.64 Å². The molecule has 0 aliphatic heterocycles. The monoisotopic (exact) mass is 477 g/mol. The summed E-state index contributed by atoms with van der Waals surface area (Å²) in [7, 11) is 0. The number of esters is 1. The zero-order chi connectivity index (χ0) is 25.2. The number of rotatable bonds is 9. The molecular formula is C29H27N5O2. The summed E-state index contributed by atoms with van der Waals surface area (Å²) in [5.41, 5.74) is 4.45. The normalized spacial score (nSPS) is 11.2. The van der Waals surface area contributed by atoms with Crippen LogP contribution in [0.15, 0.2) is 124 Å². The van der Waals surface area contributed by atoms with Crippen LogP contribution in [0.4, 0.5) is 28.4 Å². The third-order valence-electron chi connectivity index (χ3n) is 5.45. The molecule has 0 saturated carbocycles. The Balaban J connectivity index is 1.33. The first-order valence-electron chi connectivity index (χ1n) is 11.8. The molecule has 0 atom stereocenters. The zero-order valence-corrected chi connectivity index (χ0v) is 20.3. The first kappa shape index (κ1) is 24.5. The molecule has 0 saturated heterocycles. The third kappa shape index (κ3) is 6.70. The van der Waals surface area contributed by atoms with Crippen LogP contribution in [0.1, 0.15) is 24.2 Å². The van der Waals surface area contributed by atoms with Crippen LogP contribution < -0.4 is 9.64 Å². The van der Waals surface area contributed by atoms with Gasteiger partial charge in [-0.05, 0) is 98.8 Å². The average Bonchev–Trinajstić information content (AvgIpc) is 2.93. The summed E-state index contributed by atoms with van der Waals surface area (Å²) < 4.78 is 5.34. The smallest absolute Gasteiger partial charge is 0.343 e. The molecule has 0 bridgehead atoms. The Morgan fingerprint density at radius 1 is 0.611 bits per heavy atom. The average molecular weight is 478 g/mol. The second kappa shape index (κ2) is 12.2. The van der Waals surface area contributed by atoms with Crippen LogP contribution in [-0.4, -0.2) is 19.1 Å². The van der Waals surface area contributed by atoms with E-state index < -0.39 is 5.97 Å². The number of nitrogens with zero attached hydrogens (tertiary/aromatic N) is 5. The Morgan fingerprint density at radius 3 is 1.47 bits per heavy atom. The number of anilines is 1. The van der Waals surface area contributed by atoms with E-state index in [4.69, 9.17) is 4.74 Å². The van der Waals surface area contributed by atoms with Gasteiger partial charge in [0.05, 0.1) is 28.3 Å². The molecule has 0 aliphatic carbocycles. The Kier molecular flexibility index (Phi) is 8.27. The highest BCUT2D eigenvalue weighted by atomic mass is 16.5. The maximum atomic E-state index is 12.3. The molecule has 0 fully saturated rings. The lowest BCUT2D eigenvalue weighted by atomic mass is 10.2. The summed E-state index contributed by atoms with van der Waals surface area (Å²) in [6.07, 6.45) is 0. The van der Waals surface area contributed by atoms with Gasteiger partial charge in [0.2, 0.25) is 0 Å². The van der Waals surface area contributed by atoms with Gasteiger partial charge in [-0.25, -0.2) is 4.79 Å². The summed E-state index contributed by atoms with van der Waals surface area (Å²) >= 11 is 0. The largest absolute Gasteiger partial charge is 0.423 e. The standard InChI is InChI=1S/C29H27N5O2/c1-3-34(4-2)27-20-18-26(19-21-27)33-32-25-16-14-24(15-17-25)31-30-23-12-10-22(11-13-23)29(35)36-28-8-6-5-7-9-28/h5-21H,3-4H2,1-2H3. The van der Waals surface area contributed by atoms with E-state index in [1.807, 2.05) is 54.6 Å². The summed E-state index contributed by atoms with van der Waals surface area (Å²) in [4.78, 5) is 14.5. The SMILES string of the molecule is CCN(CC)c1ccc(N=Nc2ccc(N=Nc3ccc(C(=O)Oc4ccccc4)cc3)cc2)cc1. The molecule has 0 heterocycles. The van der Waals surface area contributed by atoms with Gasteiger partial charge in [0, 0.05) is 18.8 Å². The van der Waals surface area contributed by atoms with Crippen molar-refractivity contribution in [3.63, 3.8) is 0 Å². The molecular weight excluding hydrogens is 450 g/mol. The number of carbonyl (C=O) groups excluding carboxylic acids is 1. The van der Waals surface area contributed by atoms with Crippen molar-refractivity contribution >= 4 is 34.4 Å². The van der Waals surface area contributed by atoms with Gasteiger partial charge in [-0.3, -0.25) is 0 Å². The second-order valence-electron chi connectivity index (χ2n) is 7.85. The third-order valence-corrected chi connectivity index (χ3v) is 5.45. The first-order chi connectivity index (χ1) is 17.6. The van der Waals surface area contributed by atoms with Gasteiger partial charge in [0.25, 0.3) is 0 Å². The lowest BCUT2D eigenvalue weighted by Gasteiger charge is -2.20. The first-order valence-corrected chi connectivity index (χ1v) is 11.8. The molecule has 4 aromatic rings. The van der Waals surface area contributed by atoms with Crippen LogP contribution >= 0.6 is 0 Å². The van der Waals surface area contributed by atoms with Gasteiger partial charge in [-0.2, -0.15) is 20.5 Å². The fourth-order valence-corrected chi connectivity index (χ4v) is 3.45. The maximum Gasteiger partial charge on any atom is 0.343 e. The second-order valence-corrected chi connectivity index (χ2v) is 7.85. The van der Waals surface area contributed by atoms with E-state index in [9.17, 15) is 4.79 Å². The lowest BCUT2D eigenvalue weighted by Crippen LogP contribution is -2.21.